The zero-order valence-electron chi connectivity index (χ0n) is 41.7. The number of benzene rings is 4. The summed E-state index contributed by atoms with van der Waals surface area (Å²) in [6.07, 6.45) is 5.91. The van der Waals surface area contributed by atoms with Gasteiger partial charge in [0.2, 0.25) is 11.8 Å². The van der Waals surface area contributed by atoms with Crippen LogP contribution in [0.15, 0.2) is 109 Å². The van der Waals surface area contributed by atoms with Gasteiger partial charge in [0.1, 0.15) is 23.3 Å². The molecule has 4 aromatic carbocycles. The largest absolute Gasteiger partial charge is 0.463 e. The number of nitrogens with zero attached hydrogens (tertiary/aromatic N) is 8. The number of aliphatic hydroxyl groups is 1. The average molecular weight is 998 g/mol. The first-order valence-electron chi connectivity index (χ1n) is 25.2. The molecule has 0 spiro atoms. The van der Waals surface area contributed by atoms with E-state index in [-0.39, 0.29) is 43.3 Å². The van der Waals surface area contributed by atoms with Crippen molar-refractivity contribution in [1.82, 2.24) is 29.7 Å². The number of nitrogen functional groups attached to an aromatic ring is 2. The quantitative estimate of drug-likeness (QED) is 0.0346. The number of ether oxygens (including phenoxy) is 2. The summed E-state index contributed by atoms with van der Waals surface area (Å²) in [5.41, 5.74) is 20.6. The van der Waals surface area contributed by atoms with Crippen molar-refractivity contribution in [3.05, 3.63) is 154 Å². The summed E-state index contributed by atoms with van der Waals surface area (Å²) >= 11 is 5.97. The fourth-order valence-corrected chi connectivity index (χ4v) is 8.71. The standard InChI is InChI=1S/C28H34ClN5O2.C28H35N5O3/c1-2-3-16-36-28-31-26(30)24-17-25(35)34(27(24)32-28)20-23-12-10-22(11-13-23)19-33(15-7-14-29)18-21-8-5-4-6-9-21;1-2-3-16-36-28-30-26(29)24-17-25(35)33(27(24)31-28)20-23-12-10-22(11-13-23)19-32(14-7-15-34)18-21-8-5-4-6-9-21/h4-6,8-13H,2-3,7,14-20H2,1H3,(H2,30,31,32);4-6,8-13,34H,2-3,7,14-20H2,1H3,(H2,29,30,31). The van der Waals surface area contributed by atoms with Crippen molar-refractivity contribution in [3.8, 4) is 12.0 Å². The molecule has 0 saturated carbocycles. The Labute approximate surface area is 429 Å². The molecule has 2 amide bonds. The van der Waals surface area contributed by atoms with E-state index < -0.39 is 0 Å². The maximum atomic E-state index is 12.8. The molecule has 6 aromatic rings. The van der Waals surface area contributed by atoms with Crippen LogP contribution in [0.2, 0.25) is 0 Å². The number of hydrogen-bond acceptors (Lipinski definition) is 13. The molecule has 0 radical (unpaired) electrons. The molecular weight excluding hydrogens is 928 g/mol. The summed E-state index contributed by atoms with van der Waals surface area (Å²) in [6.45, 7) is 11.3. The highest BCUT2D eigenvalue weighted by atomic mass is 35.5. The minimum absolute atomic E-state index is 0.0316. The van der Waals surface area contributed by atoms with Crippen LogP contribution in [0.25, 0.3) is 0 Å². The predicted molar refractivity (Wildman–Crippen MR) is 285 cm³/mol. The van der Waals surface area contributed by atoms with E-state index in [1.54, 1.807) is 9.80 Å². The number of carbonyl (C=O) groups is 2. The molecule has 16 heteroatoms. The fourth-order valence-electron chi connectivity index (χ4n) is 8.59. The number of aliphatic hydroxyl groups excluding tert-OH is 1. The van der Waals surface area contributed by atoms with Crippen LogP contribution in [0, 0.1) is 0 Å². The number of anilines is 4. The van der Waals surface area contributed by atoms with Crippen molar-refractivity contribution in [2.45, 2.75) is 104 Å². The Balaban J connectivity index is 0.000000211. The van der Waals surface area contributed by atoms with E-state index in [2.05, 4.69) is 129 Å². The monoisotopic (exact) mass is 997 g/mol. The van der Waals surface area contributed by atoms with Crippen LogP contribution in [0.4, 0.5) is 23.3 Å². The van der Waals surface area contributed by atoms with Crippen LogP contribution in [-0.2, 0) is 61.7 Å². The third-order valence-electron chi connectivity index (χ3n) is 12.5. The Bertz CT molecular complexity index is 2460. The van der Waals surface area contributed by atoms with Gasteiger partial charge < -0.3 is 26.0 Å². The third-order valence-corrected chi connectivity index (χ3v) is 12.8. The lowest BCUT2D eigenvalue weighted by Crippen LogP contribution is -2.27. The maximum absolute atomic E-state index is 12.8. The zero-order chi connectivity index (χ0) is 50.7. The number of hydrogen-bond donors (Lipinski definition) is 3. The van der Waals surface area contributed by atoms with Crippen molar-refractivity contribution < 1.29 is 24.2 Å². The molecule has 2 aliphatic heterocycles. The molecular formula is C56H69ClN10O5. The van der Waals surface area contributed by atoms with Crippen LogP contribution in [0.3, 0.4) is 0 Å². The van der Waals surface area contributed by atoms with Crippen molar-refractivity contribution in [1.29, 1.82) is 0 Å². The Morgan fingerprint density at radius 2 is 0.917 bits per heavy atom. The van der Waals surface area contributed by atoms with Gasteiger partial charge in [-0.2, -0.15) is 19.9 Å². The number of aromatic nitrogens is 4. The second-order valence-electron chi connectivity index (χ2n) is 18.2. The summed E-state index contributed by atoms with van der Waals surface area (Å²) in [7, 11) is 0. The molecule has 5 N–H and O–H groups in total. The molecule has 0 bridgehead atoms. The van der Waals surface area contributed by atoms with Gasteiger partial charge in [-0.15, -0.1) is 11.6 Å². The predicted octanol–water partition coefficient (Wildman–Crippen LogP) is 8.67. The van der Waals surface area contributed by atoms with Gasteiger partial charge in [-0.05, 0) is 65.6 Å². The first kappa shape index (κ1) is 53.2. The van der Waals surface area contributed by atoms with Gasteiger partial charge in [0, 0.05) is 56.3 Å². The molecule has 0 unspecified atom stereocenters. The highest BCUT2D eigenvalue weighted by molar-refractivity contribution is 6.17. The molecule has 15 nitrogen and oxygen atoms in total. The highest BCUT2D eigenvalue weighted by Gasteiger charge is 2.34. The van der Waals surface area contributed by atoms with E-state index in [0.717, 1.165) is 88.9 Å². The number of amides is 2. The van der Waals surface area contributed by atoms with E-state index in [4.69, 9.17) is 32.5 Å². The lowest BCUT2D eigenvalue weighted by atomic mass is 10.1. The number of halogens is 1. The van der Waals surface area contributed by atoms with Gasteiger partial charge >= 0.3 is 12.0 Å². The first-order chi connectivity index (χ1) is 35.1. The van der Waals surface area contributed by atoms with Crippen LogP contribution in [0.5, 0.6) is 12.0 Å². The van der Waals surface area contributed by atoms with E-state index in [0.29, 0.717) is 66.6 Å². The Morgan fingerprint density at radius 3 is 1.29 bits per heavy atom. The van der Waals surface area contributed by atoms with Crippen molar-refractivity contribution in [2.24, 2.45) is 0 Å². The Kier molecular flexibility index (Phi) is 20.1. The Morgan fingerprint density at radius 1 is 0.542 bits per heavy atom. The van der Waals surface area contributed by atoms with Gasteiger partial charge in [-0.25, -0.2) is 0 Å². The second-order valence-corrected chi connectivity index (χ2v) is 18.6. The number of rotatable bonds is 26. The topological polar surface area (TPSA) is 189 Å². The maximum Gasteiger partial charge on any atom is 0.320 e. The minimum atomic E-state index is -0.0428. The highest BCUT2D eigenvalue weighted by Crippen LogP contribution is 2.35. The van der Waals surface area contributed by atoms with Gasteiger partial charge in [-0.3, -0.25) is 29.2 Å². The first-order valence-corrected chi connectivity index (χ1v) is 25.7. The zero-order valence-corrected chi connectivity index (χ0v) is 42.5. The molecule has 0 fully saturated rings. The summed E-state index contributed by atoms with van der Waals surface area (Å²) in [5, 5.41) is 9.32. The van der Waals surface area contributed by atoms with Gasteiger partial charge in [-0.1, -0.05) is 136 Å². The molecule has 2 aromatic heterocycles. The molecule has 380 valence electrons. The number of nitrogens with two attached hydrogens (primary N) is 2. The molecule has 4 heterocycles. The molecule has 8 rings (SSSR count). The molecule has 0 aliphatic carbocycles. The van der Waals surface area contributed by atoms with E-state index in [1.165, 1.54) is 22.3 Å². The summed E-state index contributed by atoms with van der Waals surface area (Å²) < 4.78 is 11.3. The molecule has 0 atom stereocenters. The fraction of sp³-hybridized carbons (Fsp3) is 0.393. The summed E-state index contributed by atoms with van der Waals surface area (Å²) in [6, 6.07) is 38.0. The van der Waals surface area contributed by atoms with Crippen LogP contribution < -0.4 is 30.7 Å². The van der Waals surface area contributed by atoms with Gasteiger partial charge in [0.25, 0.3) is 0 Å². The minimum Gasteiger partial charge on any atom is -0.463 e. The molecule has 2 aliphatic rings. The summed E-state index contributed by atoms with van der Waals surface area (Å²) in [4.78, 5) is 51.1. The number of unbranched alkanes of at least 4 members (excludes halogenated alkanes) is 2. The van der Waals surface area contributed by atoms with E-state index in [1.807, 2.05) is 24.3 Å². The lowest BCUT2D eigenvalue weighted by molar-refractivity contribution is -0.118. The van der Waals surface area contributed by atoms with Gasteiger partial charge in [0.15, 0.2) is 0 Å². The van der Waals surface area contributed by atoms with Crippen molar-refractivity contribution in [2.75, 3.05) is 60.1 Å². The van der Waals surface area contributed by atoms with Crippen LogP contribution >= 0.6 is 11.6 Å². The van der Waals surface area contributed by atoms with E-state index in [9.17, 15) is 14.7 Å². The second kappa shape index (κ2) is 27.3. The normalized spacial score (nSPS) is 12.9. The third kappa shape index (κ3) is 15.2. The number of alkyl halides is 1. The van der Waals surface area contributed by atoms with Crippen molar-refractivity contribution >= 4 is 46.7 Å². The van der Waals surface area contributed by atoms with Crippen LogP contribution in [-0.4, -0.2) is 85.4 Å². The number of carbonyl (C=O) groups excluding carboxylic acids is 2. The van der Waals surface area contributed by atoms with Gasteiger partial charge in [0.05, 0.1) is 39.1 Å². The summed E-state index contributed by atoms with van der Waals surface area (Å²) in [5.74, 6) is 2.29. The SMILES string of the molecule is CCCCOc1nc(N)c2c(n1)N(Cc1ccc(CN(CCCCl)Cc3ccccc3)cc1)C(=O)C2.CCCCOc1nc(N)c2c(n1)N(Cc1ccc(CN(CCCO)Cc3ccccc3)cc1)C(=O)C2. The number of fused-ring (bicyclic) bond motifs is 2. The van der Waals surface area contributed by atoms with E-state index >= 15 is 0 Å². The van der Waals surface area contributed by atoms with Crippen molar-refractivity contribution in [3.63, 3.8) is 0 Å². The lowest BCUT2D eigenvalue weighted by Gasteiger charge is -2.23. The molecule has 72 heavy (non-hydrogen) atoms. The average Bonchev–Trinajstić information content (AvgIpc) is 3.88. The van der Waals surface area contributed by atoms with Crippen LogP contribution in [0.1, 0.15) is 96.9 Å². The smallest absolute Gasteiger partial charge is 0.320 e. The molecule has 0 saturated heterocycles. The Hall–Kier alpha value is -6.65.